The molecule has 0 saturated carbocycles. The molecule has 3 heteroatoms. The Hall–Kier alpha value is -0.640. The summed E-state index contributed by atoms with van der Waals surface area (Å²) in [6, 6.07) is 10.6. The van der Waals surface area contributed by atoms with Gasteiger partial charge in [-0.1, -0.05) is 66.7 Å². The Morgan fingerprint density at radius 2 is 2.00 bits per heavy atom. The van der Waals surface area contributed by atoms with E-state index in [9.17, 15) is 0 Å². The lowest BCUT2D eigenvalue weighted by atomic mass is 10.1. The van der Waals surface area contributed by atoms with Crippen molar-refractivity contribution in [3.8, 4) is 0 Å². The van der Waals surface area contributed by atoms with Crippen molar-refractivity contribution in [3.63, 3.8) is 0 Å². The molecule has 18 heavy (non-hydrogen) atoms. The van der Waals surface area contributed by atoms with E-state index < -0.39 is 0 Å². The van der Waals surface area contributed by atoms with Gasteiger partial charge in [0.05, 0.1) is 13.2 Å². The van der Waals surface area contributed by atoms with Crippen LogP contribution in [0.2, 0.25) is 0 Å². The maximum atomic E-state index is 5.77. The summed E-state index contributed by atoms with van der Waals surface area (Å²) in [6.07, 6.45) is 0. The van der Waals surface area contributed by atoms with Crippen molar-refractivity contribution in [2.24, 2.45) is 5.92 Å². The molecular formula is C15H22BrNO. The quantitative estimate of drug-likeness (QED) is 0.790. The molecule has 0 aliphatic rings. The smallest absolute Gasteiger partial charge is 0.0717 e. The van der Waals surface area contributed by atoms with Crippen molar-refractivity contribution in [1.82, 2.24) is 5.32 Å². The molecule has 1 aromatic rings. The van der Waals surface area contributed by atoms with Gasteiger partial charge in [0.2, 0.25) is 0 Å². The summed E-state index contributed by atoms with van der Waals surface area (Å²) in [4.78, 5) is 0. The van der Waals surface area contributed by atoms with E-state index in [2.05, 4.69) is 53.8 Å². The largest absolute Gasteiger partial charge is 0.375 e. The van der Waals surface area contributed by atoms with Crippen molar-refractivity contribution >= 4 is 15.9 Å². The average molecular weight is 312 g/mol. The van der Waals surface area contributed by atoms with Gasteiger partial charge >= 0.3 is 0 Å². The first-order valence-corrected chi connectivity index (χ1v) is 7.07. The molecule has 0 heterocycles. The molecular weight excluding hydrogens is 290 g/mol. The zero-order valence-electron chi connectivity index (χ0n) is 11.2. The van der Waals surface area contributed by atoms with Gasteiger partial charge < -0.3 is 10.1 Å². The first-order valence-electron chi connectivity index (χ1n) is 6.28. The minimum Gasteiger partial charge on any atom is -0.375 e. The van der Waals surface area contributed by atoms with E-state index in [0.717, 1.165) is 11.0 Å². The third kappa shape index (κ3) is 6.34. The molecule has 1 rings (SSSR count). The molecule has 2 nitrogen and oxygen atoms in total. The normalized spacial score (nSPS) is 12.7. The van der Waals surface area contributed by atoms with E-state index in [1.807, 2.05) is 18.2 Å². The van der Waals surface area contributed by atoms with Crippen LogP contribution in [0.1, 0.15) is 19.4 Å². The lowest BCUT2D eigenvalue weighted by molar-refractivity contribution is 0.0873. The third-order valence-corrected chi connectivity index (χ3v) is 3.05. The van der Waals surface area contributed by atoms with Gasteiger partial charge in [-0.25, -0.2) is 0 Å². The Morgan fingerprint density at radius 1 is 1.33 bits per heavy atom. The van der Waals surface area contributed by atoms with E-state index in [1.54, 1.807) is 0 Å². The second kappa shape index (κ2) is 8.46. The molecule has 1 N–H and O–H groups in total. The summed E-state index contributed by atoms with van der Waals surface area (Å²) in [5.74, 6) is 0.535. The summed E-state index contributed by atoms with van der Waals surface area (Å²) in [5.41, 5.74) is 1.21. The molecule has 0 aliphatic heterocycles. The third-order valence-electron chi connectivity index (χ3n) is 2.77. The van der Waals surface area contributed by atoms with Gasteiger partial charge in [0.15, 0.2) is 0 Å². The van der Waals surface area contributed by atoms with Gasteiger partial charge in [-0.2, -0.15) is 0 Å². The van der Waals surface area contributed by atoms with E-state index >= 15 is 0 Å². The molecule has 0 saturated heterocycles. The van der Waals surface area contributed by atoms with Crippen molar-refractivity contribution in [1.29, 1.82) is 0 Å². The minimum atomic E-state index is 0.350. The molecule has 0 fully saturated rings. The Bertz CT molecular complexity index is 351. The van der Waals surface area contributed by atoms with Crippen molar-refractivity contribution in [2.45, 2.75) is 26.5 Å². The predicted octanol–water partition coefficient (Wildman–Crippen LogP) is 3.73. The van der Waals surface area contributed by atoms with E-state index in [-0.39, 0.29) is 0 Å². The second-order valence-electron chi connectivity index (χ2n) is 4.75. The van der Waals surface area contributed by atoms with Crippen molar-refractivity contribution in [2.75, 3.05) is 13.2 Å². The summed E-state index contributed by atoms with van der Waals surface area (Å²) < 4.78 is 6.74. The maximum absolute atomic E-state index is 5.77. The van der Waals surface area contributed by atoms with Gasteiger partial charge in [0.25, 0.3) is 0 Å². The van der Waals surface area contributed by atoms with Crippen LogP contribution in [0.15, 0.2) is 41.4 Å². The van der Waals surface area contributed by atoms with Crippen molar-refractivity contribution in [3.05, 3.63) is 47.0 Å². The molecule has 0 aliphatic carbocycles. The Labute approximate surface area is 119 Å². The fourth-order valence-corrected chi connectivity index (χ4v) is 1.77. The number of hydrogen-bond donors (Lipinski definition) is 1. The van der Waals surface area contributed by atoms with Gasteiger partial charge in [-0.05, 0) is 11.5 Å². The van der Waals surface area contributed by atoms with Crippen molar-refractivity contribution < 1.29 is 4.74 Å². The standard InChI is InChI=1S/C15H22BrNO/c1-12(2)15(17-9-13(3)16)11-18-10-14-7-5-4-6-8-14/h4-8,12,15,17H,3,9-11H2,1-2H3/t15-/m1/s1. The number of benzene rings is 1. The lowest BCUT2D eigenvalue weighted by Gasteiger charge is -2.22. The van der Waals surface area contributed by atoms with Crippen LogP contribution in [0.25, 0.3) is 0 Å². The van der Waals surface area contributed by atoms with Crippen LogP contribution in [-0.2, 0) is 11.3 Å². The number of ether oxygens (including phenoxy) is 1. The summed E-state index contributed by atoms with van der Waals surface area (Å²) in [6.45, 7) is 10.4. The van der Waals surface area contributed by atoms with E-state index in [1.165, 1.54) is 5.56 Å². The Kier molecular flexibility index (Phi) is 7.25. The number of rotatable bonds is 8. The summed E-state index contributed by atoms with van der Waals surface area (Å²) >= 11 is 3.36. The summed E-state index contributed by atoms with van der Waals surface area (Å²) in [5, 5.41) is 3.43. The number of nitrogens with one attached hydrogen (secondary N) is 1. The van der Waals surface area contributed by atoms with Gasteiger partial charge in [0, 0.05) is 17.1 Å². The highest BCUT2D eigenvalue weighted by atomic mass is 79.9. The highest BCUT2D eigenvalue weighted by Gasteiger charge is 2.12. The molecule has 1 aromatic carbocycles. The molecule has 100 valence electrons. The maximum Gasteiger partial charge on any atom is 0.0717 e. The minimum absolute atomic E-state index is 0.350. The molecule has 0 aromatic heterocycles. The Morgan fingerprint density at radius 3 is 2.56 bits per heavy atom. The molecule has 0 unspecified atom stereocenters. The van der Waals surface area contributed by atoms with Crippen LogP contribution < -0.4 is 5.32 Å². The highest BCUT2D eigenvalue weighted by Crippen LogP contribution is 2.07. The molecule has 0 spiro atoms. The number of hydrogen-bond acceptors (Lipinski definition) is 2. The molecule has 1 atom stereocenters. The van der Waals surface area contributed by atoms with Crippen LogP contribution in [0.5, 0.6) is 0 Å². The van der Waals surface area contributed by atoms with Gasteiger partial charge in [-0.3, -0.25) is 0 Å². The van der Waals surface area contributed by atoms with E-state index in [4.69, 9.17) is 4.74 Å². The zero-order chi connectivity index (χ0) is 13.4. The topological polar surface area (TPSA) is 21.3 Å². The van der Waals surface area contributed by atoms with Crippen LogP contribution >= 0.6 is 15.9 Å². The van der Waals surface area contributed by atoms with Crippen LogP contribution in [0, 0.1) is 5.92 Å². The highest BCUT2D eigenvalue weighted by molar-refractivity contribution is 9.11. The van der Waals surface area contributed by atoms with Crippen LogP contribution in [0.4, 0.5) is 0 Å². The number of halogens is 1. The average Bonchev–Trinajstić information content (AvgIpc) is 2.34. The zero-order valence-corrected chi connectivity index (χ0v) is 12.7. The van der Waals surface area contributed by atoms with Crippen LogP contribution in [-0.4, -0.2) is 19.2 Å². The predicted molar refractivity (Wildman–Crippen MR) is 80.8 cm³/mol. The summed E-state index contributed by atoms with van der Waals surface area (Å²) in [7, 11) is 0. The second-order valence-corrected chi connectivity index (χ2v) is 5.87. The van der Waals surface area contributed by atoms with Crippen LogP contribution in [0.3, 0.4) is 0 Å². The molecule has 0 amide bonds. The first kappa shape index (κ1) is 15.4. The first-order chi connectivity index (χ1) is 8.59. The monoisotopic (exact) mass is 311 g/mol. The SMILES string of the molecule is C=C(Br)CN[C@H](COCc1ccccc1)C(C)C. The molecule has 0 bridgehead atoms. The van der Waals surface area contributed by atoms with Gasteiger partial charge in [-0.15, -0.1) is 0 Å². The fraction of sp³-hybridized carbons (Fsp3) is 0.467. The fourth-order valence-electron chi connectivity index (χ4n) is 1.61. The molecule has 0 radical (unpaired) electrons. The Balaban J connectivity index is 2.31. The van der Waals surface area contributed by atoms with E-state index in [0.29, 0.717) is 25.2 Å². The van der Waals surface area contributed by atoms with Gasteiger partial charge in [0.1, 0.15) is 0 Å². The lowest BCUT2D eigenvalue weighted by Crippen LogP contribution is -2.38.